The number of methoxy groups -OCH3 is 1. The standard InChI is InChI=1S/C24H24O4/c1-16-20-9-6-7-11-23(20)28-21(16)10-5-3-4-8-19-15-18-14-17(24(25)26-2)12-13-22(18)27-19/h6-7,9,11-15H,3-5,8,10H2,1-2H3. The van der Waals surface area contributed by atoms with Gasteiger partial charge in [0.1, 0.15) is 22.7 Å². The first kappa shape index (κ1) is 18.4. The van der Waals surface area contributed by atoms with Crippen LogP contribution in [0.15, 0.2) is 57.4 Å². The van der Waals surface area contributed by atoms with Gasteiger partial charge in [-0.1, -0.05) is 24.6 Å². The van der Waals surface area contributed by atoms with Gasteiger partial charge in [0.2, 0.25) is 0 Å². The molecular formula is C24H24O4. The van der Waals surface area contributed by atoms with Crippen LogP contribution in [0.25, 0.3) is 21.9 Å². The van der Waals surface area contributed by atoms with Crippen LogP contribution in [0.2, 0.25) is 0 Å². The van der Waals surface area contributed by atoms with Gasteiger partial charge < -0.3 is 13.6 Å². The van der Waals surface area contributed by atoms with E-state index >= 15 is 0 Å². The topological polar surface area (TPSA) is 52.6 Å². The molecule has 0 amide bonds. The van der Waals surface area contributed by atoms with Crippen molar-refractivity contribution in [2.75, 3.05) is 7.11 Å². The third-order valence-electron chi connectivity index (χ3n) is 5.26. The van der Waals surface area contributed by atoms with E-state index in [4.69, 9.17) is 13.6 Å². The molecular weight excluding hydrogens is 352 g/mol. The zero-order chi connectivity index (χ0) is 19.5. The Labute approximate surface area is 164 Å². The highest BCUT2D eigenvalue weighted by molar-refractivity contribution is 5.94. The number of aryl methyl sites for hydroxylation is 3. The molecule has 4 heteroatoms. The molecule has 2 aromatic heterocycles. The van der Waals surface area contributed by atoms with Crippen molar-refractivity contribution >= 4 is 27.9 Å². The SMILES string of the molecule is COC(=O)c1ccc2oc(CCCCCc3oc4ccccc4c3C)cc2c1. The van der Waals surface area contributed by atoms with Crippen LogP contribution in [0, 0.1) is 6.92 Å². The predicted octanol–water partition coefficient (Wildman–Crippen LogP) is 6.23. The Morgan fingerprint density at radius 1 is 0.929 bits per heavy atom. The lowest BCUT2D eigenvalue weighted by atomic mass is 10.1. The van der Waals surface area contributed by atoms with Crippen LogP contribution in [0.1, 0.15) is 46.7 Å². The molecule has 0 saturated heterocycles. The number of rotatable bonds is 7. The fourth-order valence-electron chi connectivity index (χ4n) is 3.69. The van der Waals surface area contributed by atoms with Crippen molar-refractivity contribution < 1.29 is 18.4 Å². The van der Waals surface area contributed by atoms with Crippen molar-refractivity contribution in [2.24, 2.45) is 0 Å². The average molecular weight is 376 g/mol. The molecule has 0 aliphatic rings. The van der Waals surface area contributed by atoms with E-state index in [0.717, 1.165) is 60.2 Å². The lowest BCUT2D eigenvalue weighted by Crippen LogP contribution is -1.99. The molecule has 0 radical (unpaired) electrons. The molecule has 0 N–H and O–H groups in total. The summed E-state index contributed by atoms with van der Waals surface area (Å²) in [7, 11) is 1.39. The first-order valence-corrected chi connectivity index (χ1v) is 9.73. The molecule has 0 saturated carbocycles. The number of carbonyl (C=O) groups excluding carboxylic acids is 1. The summed E-state index contributed by atoms with van der Waals surface area (Å²) in [5, 5.41) is 2.15. The zero-order valence-electron chi connectivity index (χ0n) is 16.3. The number of fused-ring (bicyclic) bond motifs is 2. The Morgan fingerprint density at radius 2 is 1.75 bits per heavy atom. The molecule has 2 aromatic carbocycles. The van der Waals surface area contributed by atoms with Gasteiger partial charge in [0.15, 0.2) is 0 Å². The van der Waals surface area contributed by atoms with E-state index < -0.39 is 0 Å². The summed E-state index contributed by atoms with van der Waals surface area (Å²) in [5.41, 5.74) is 3.59. The van der Waals surface area contributed by atoms with Crippen LogP contribution < -0.4 is 0 Å². The second-order valence-corrected chi connectivity index (χ2v) is 7.16. The molecule has 0 bridgehead atoms. The van der Waals surface area contributed by atoms with Crippen molar-refractivity contribution in [3.63, 3.8) is 0 Å². The van der Waals surface area contributed by atoms with Crippen molar-refractivity contribution in [1.29, 1.82) is 0 Å². The number of carbonyl (C=O) groups is 1. The molecule has 4 aromatic rings. The summed E-state index contributed by atoms with van der Waals surface area (Å²) in [6, 6.07) is 15.6. The Bertz CT molecular complexity index is 1120. The van der Waals surface area contributed by atoms with Crippen molar-refractivity contribution in [3.8, 4) is 0 Å². The van der Waals surface area contributed by atoms with E-state index in [1.807, 2.05) is 30.3 Å². The summed E-state index contributed by atoms with van der Waals surface area (Å²) >= 11 is 0. The van der Waals surface area contributed by atoms with Crippen LogP contribution >= 0.6 is 0 Å². The lowest BCUT2D eigenvalue weighted by molar-refractivity contribution is 0.0601. The molecule has 2 heterocycles. The van der Waals surface area contributed by atoms with E-state index in [1.54, 1.807) is 6.07 Å². The summed E-state index contributed by atoms with van der Waals surface area (Å²) in [6.45, 7) is 2.14. The molecule has 0 atom stereocenters. The first-order valence-electron chi connectivity index (χ1n) is 9.73. The summed E-state index contributed by atoms with van der Waals surface area (Å²) in [6.07, 6.45) is 5.11. The highest BCUT2D eigenvalue weighted by atomic mass is 16.5. The number of ether oxygens (including phenoxy) is 1. The lowest BCUT2D eigenvalue weighted by Gasteiger charge is -2.00. The Balaban J connectivity index is 1.31. The van der Waals surface area contributed by atoms with Gasteiger partial charge in [-0.05, 0) is 55.7 Å². The zero-order valence-corrected chi connectivity index (χ0v) is 16.3. The normalized spacial score (nSPS) is 11.4. The maximum Gasteiger partial charge on any atom is 0.337 e. The molecule has 4 rings (SSSR count). The number of benzene rings is 2. The van der Waals surface area contributed by atoms with Gasteiger partial charge in [0.05, 0.1) is 12.7 Å². The van der Waals surface area contributed by atoms with Gasteiger partial charge in [-0.2, -0.15) is 0 Å². The highest BCUT2D eigenvalue weighted by Crippen LogP contribution is 2.27. The third kappa shape index (κ3) is 3.68. The summed E-state index contributed by atoms with van der Waals surface area (Å²) < 4.78 is 16.6. The number of para-hydroxylation sites is 1. The number of hydrogen-bond donors (Lipinski definition) is 0. The molecule has 0 spiro atoms. The second kappa shape index (κ2) is 7.93. The summed E-state index contributed by atoms with van der Waals surface area (Å²) in [4.78, 5) is 11.6. The van der Waals surface area contributed by atoms with E-state index in [1.165, 1.54) is 18.1 Å². The van der Waals surface area contributed by atoms with Crippen molar-refractivity contribution in [3.05, 3.63) is 71.2 Å². The molecule has 0 fully saturated rings. The quantitative estimate of drug-likeness (QED) is 0.283. The number of esters is 1. The second-order valence-electron chi connectivity index (χ2n) is 7.16. The van der Waals surface area contributed by atoms with E-state index in [9.17, 15) is 4.79 Å². The van der Waals surface area contributed by atoms with Gasteiger partial charge in [0.25, 0.3) is 0 Å². The smallest absolute Gasteiger partial charge is 0.337 e. The molecule has 0 aliphatic carbocycles. The van der Waals surface area contributed by atoms with Crippen molar-refractivity contribution in [1.82, 2.24) is 0 Å². The number of unbranched alkanes of at least 4 members (excludes halogenated alkanes) is 2. The molecule has 0 aliphatic heterocycles. The molecule has 4 nitrogen and oxygen atoms in total. The fourth-order valence-corrected chi connectivity index (χ4v) is 3.69. The van der Waals surface area contributed by atoms with E-state index in [-0.39, 0.29) is 5.97 Å². The van der Waals surface area contributed by atoms with Crippen molar-refractivity contribution in [2.45, 2.75) is 39.0 Å². The van der Waals surface area contributed by atoms with Gasteiger partial charge in [-0.3, -0.25) is 0 Å². The number of furan rings is 2. The van der Waals surface area contributed by atoms with Crippen LogP contribution in [0.4, 0.5) is 0 Å². The molecule has 144 valence electrons. The summed E-state index contributed by atoms with van der Waals surface area (Å²) in [5.74, 6) is 1.72. The monoisotopic (exact) mass is 376 g/mol. The van der Waals surface area contributed by atoms with Gasteiger partial charge >= 0.3 is 5.97 Å². The Morgan fingerprint density at radius 3 is 2.57 bits per heavy atom. The minimum absolute atomic E-state index is 0.328. The Hall–Kier alpha value is -3.01. The van der Waals surface area contributed by atoms with Crippen LogP contribution in [-0.4, -0.2) is 13.1 Å². The van der Waals surface area contributed by atoms with Gasteiger partial charge in [0, 0.05) is 23.6 Å². The van der Waals surface area contributed by atoms with Gasteiger partial charge in [-0.15, -0.1) is 0 Å². The predicted molar refractivity (Wildman–Crippen MR) is 110 cm³/mol. The van der Waals surface area contributed by atoms with Crippen LogP contribution in [0.3, 0.4) is 0 Å². The fraction of sp³-hybridized carbons (Fsp3) is 0.292. The third-order valence-corrected chi connectivity index (χ3v) is 5.26. The van der Waals surface area contributed by atoms with Gasteiger partial charge in [-0.25, -0.2) is 4.79 Å². The average Bonchev–Trinajstić information content (AvgIpc) is 3.27. The maximum absolute atomic E-state index is 11.6. The molecule has 0 unspecified atom stereocenters. The molecule has 28 heavy (non-hydrogen) atoms. The largest absolute Gasteiger partial charge is 0.465 e. The Kier molecular flexibility index (Phi) is 5.20. The number of hydrogen-bond acceptors (Lipinski definition) is 4. The minimum Gasteiger partial charge on any atom is -0.465 e. The van der Waals surface area contributed by atoms with E-state index in [0.29, 0.717) is 5.56 Å². The maximum atomic E-state index is 11.6. The van der Waals surface area contributed by atoms with E-state index in [2.05, 4.69) is 19.1 Å². The highest BCUT2D eigenvalue weighted by Gasteiger charge is 2.11. The first-order chi connectivity index (χ1) is 13.7. The minimum atomic E-state index is -0.328. The van der Waals surface area contributed by atoms with Crippen LogP contribution in [0.5, 0.6) is 0 Å². The van der Waals surface area contributed by atoms with Crippen LogP contribution in [-0.2, 0) is 17.6 Å².